The maximum Gasteiger partial charge on any atom is 0.217 e. The Kier molecular flexibility index (Phi) is 2.49. The number of rotatable bonds is 2. The second-order valence-corrected chi connectivity index (χ2v) is 4.18. The zero-order chi connectivity index (χ0) is 10.9. The number of hydrogen-bond acceptors (Lipinski definition) is 3. The molecular weight excluding hydrogens is 190 g/mol. The third-order valence-electron chi connectivity index (χ3n) is 2.61. The highest BCUT2D eigenvalue weighted by Gasteiger charge is 2.31. The Morgan fingerprint density at radius 3 is 2.80 bits per heavy atom. The average Bonchev–Trinajstić information content (AvgIpc) is 2.63. The van der Waals surface area contributed by atoms with E-state index in [-0.39, 0.29) is 6.61 Å². The van der Waals surface area contributed by atoms with Crippen LogP contribution < -0.4 is 0 Å². The van der Waals surface area contributed by atoms with Crippen molar-refractivity contribution < 1.29 is 9.84 Å². The topological polar surface area (TPSA) is 41.8 Å². The number of aliphatic hydroxyl groups is 1. The van der Waals surface area contributed by atoms with Gasteiger partial charge >= 0.3 is 0 Å². The monoisotopic (exact) mass is 205 g/mol. The highest BCUT2D eigenvalue weighted by Crippen LogP contribution is 2.22. The van der Waals surface area contributed by atoms with Gasteiger partial charge in [0.1, 0.15) is 12.1 Å². The predicted octanol–water partition coefficient (Wildman–Crippen LogP) is 1.52. The number of hydrogen-bond donors (Lipinski definition) is 1. The summed E-state index contributed by atoms with van der Waals surface area (Å²) in [5, 5.41) is 9.17. The molecule has 15 heavy (non-hydrogen) atoms. The van der Waals surface area contributed by atoms with E-state index in [1.807, 2.05) is 38.1 Å². The molecule has 0 bridgehead atoms. The van der Waals surface area contributed by atoms with Crippen LogP contribution in [0.2, 0.25) is 0 Å². The van der Waals surface area contributed by atoms with Gasteiger partial charge in [-0.2, -0.15) is 0 Å². The quantitative estimate of drug-likeness (QED) is 0.795. The predicted molar refractivity (Wildman–Crippen MR) is 59.2 cm³/mol. The Labute approximate surface area is 89.4 Å². The highest BCUT2D eigenvalue weighted by atomic mass is 16.5. The molecule has 0 amide bonds. The van der Waals surface area contributed by atoms with Crippen LogP contribution in [-0.2, 0) is 4.74 Å². The Morgan fingerprint density at radius 1 is 1.47 bits per heavy atom. The second-order valence-electron chi connectivity index (χ2n) is 4.18. The molecule has 0 radical (unpaired) electrons. The van der Waals surface area contributed by atoms with Crippen molar-refractivity contribution in [2.24, 2.45) is 4.99 Å². The van der Waals surface area contributed by atoms with Crippen LogP contribution in [0.5, 0.6) is 0 Å². The molecule has 0 aromatic heterocycles. The zero-order valence-electron chi connectivity index (χ0n) is 9.03. The first kappa shape index (κ1) is 10.2. The average molecular weight is 205 g/mol. The van der Waals surface area contributed by atoms with Gasteiger partial charge < -0.3 is 9.84 Å². The third-order valence-corrected chi connectivity index (χ3v) is 2.61. The summed E-state index contributed by atoms with van der Waals surface area (Å²) >= 11 is 0. The SMILES string of the molecule is Cc1ccccc1C1=N[C@](C)(CO)CO1. The minimum Gasteiger partial charge on any atom is -0.475 e. The summed E-state index contributed by atoms with van der Waals surface area (Å²) < 4.78 is 5.52. The largest absolute Gasteiger partial charge is 0.475 e. The minimum absolute atomic E-state index is 0.0163. The molecule has 1 heterocycles. The first-order valence-corrected chi connectivity index (χ1v) is 5.04. The van der Waals surface area contributed by atoms with Crippen LogP contribution in [0.1, 0.15) is 18.1 Å². The normalized spacial score (nSPS) is 24.9. The summed E-state index contributed by atoms with van der Waals surface area (Å²) in [7, 11) is 0. The van der Waals surface area contributed by atoms with Crippen LogP contribution in [0.3, 0.4) is 0 Å². The molecule has 1 aliphatic heterocycles. The Hall–Kier alpha value is -1.35. The third kappa shape index (κ3) is 1.88. The van der Waals surface area contributed by atoms with Gasteiger partial charge in [-0.05, 0) is 25.5 Å². The van der Waals surface area contributed by atoms with Crippen molar-refractivity contribution in [3.8, 4) is 0 Å². The van der Waals surface area contributed by atoms with Crippen LogP contribution in [0.4, 0.5) is 0 Å². The van der Waals surface area contributed by atoms with Crippen LogP contribution in [0, 0.1) is 6.92 Å². The molecule has 0 saturated carbocycles. The lowest BCUT2D eigenvalue weighted by Crippen LogP contribution is -2.28. The zero-order valence-corrected chi connectivity index (χ0v) is 9.03. The van der Waals surface area contributed by atoms with E-state index in [1.165, 1.54) is 0 Å². The number of benzene rings is 1. The molecule has 0 fully saturated rings. The fourth-order valence-electron chi connectivity index (χ4n) is 1.57. The molecule has 1 N–H and O–H groups in total. The van der Waals surface area contributed by atoms with Crippen LogP contribution in [0.15, 0.2) is 29.3 Å². The molecule has 80 valence electrons. The first-order valence-electron chi connectivity index (χ1n) is 5.04. The number of aliphatic hydroxyl groups excluding tert-OH is 1. The lowest BCUT2D eigenvalue weighted by Gasteiger charge is -2.12. The smallest absolute Gasteiger partial charge is 0.217 e. The molecule has 1 atom stereocenters. The van der Waals surface area contributed by atoms with E-state index in [4.69, 9.17) is 4.74 Å². The molecule has 3 heteroatoms. The summed E-state index contributed by atoms with van der Waals surface area (Å²) in [6, 6.07) is 7.95. The van der Waals surface area contributed by atoms with Crippen molar-refractivity contribution in [3.63, 3.8) is 0 Å². The van der Waals surface area contributed by atoms with Crippen LogP contribution >= 0.6 is 0 Å². The molecule has 0 saturated heterocycles. The fourth-order valence-corrected chi connectivity index (χ4v) is 1.57. The van der Waals surface area contributed by atoms with Crippen molar-refractivity contribution >= 4 is 5.90 Å². The first-order chi connectivity index (χ1) is 7.14. The molecule has 1 aliphatic rings. The Morgan fingerprint density at radius 2 is 2.20 bits per heavy atom. The maximum atomic E-state index is 9.17. The van der Waals surface area contributed by atoms with Crippen molar-refractivity contribution in [1.29, 1.82) is 0 Å². The van der Waals surface area contributed by atoms with Crippen LogP contribution in [-0.4, -0.2) is 29.8 Å². The van der Waals surface area contributed by atoms with Gasteiger partial charge in [0.2, 0.25) is 5.90 Å². The number of aryl methyl sites for hydroxylation is 1. The van der Waals surface area contributed by atoms with Crippen molar-refractivity contribution in [2.75, 3.05) is 13.2 Å². The molecule has 1 aromatic carbocycles. The molecule has 0 aliphatic carbocycles. The fraction of sp³-hybridized carbons (Fsp3) is 0.417. The molecule has 0 unspecified atom stereocenters. The van der Waals surface area contributed by atoms with Gasteiger partial charge in [-0.15, -0.1) is 0 Å². The van der Waals surface area contributed by atoms with E-state index >= 15 is 0 Å². The Bertz CT molecular complexity index is 400. The van der Waals surface area contributed by atoms with Crippen molar-refractivity contribution in [3.05, 3.63) is 35.4 Å². The number of nitrogens with zero attached hydrogens (tertiary/aromatic N) is 1. The molecular formula is C12H15NO2. The molecule has 0 spiro atoms. The summed E-state index contributed by atoms with van der Waals surface area (Å²) in [4.78, 5) is 4.41. The lowest BCUT2D eigenvalue weighted by molar-refractivity contribution is 0.170. The van der Waals surface area contributed by atoms with E-state index in [0.717, 1.165) is 11.1 Å². The van der Waals surface area contributed by atoms with Crippen LogP contribution in [0.25, 0.3) is 0 Å². The summed E-state index contributed by atoms with van der Waals surface area (Å²) in [6.45, 7) is 4.38. The highest BCUT2D eigenvalue weighted by molar-refractivity contribution is 5.96. The van der Waals surface area contributed by atoms with Gasteiger partial charge in [0.25, 0.3) is 0 Å². The standard InChI is InChI=1S/C12H15NO2/c1-9-5-3-4-6-10(9)11-13-12(2,7-14)8-15-11/h3-6,14H,7-8H2,1-2H3/t12-/m1/s1. The van der Waals surface area contributed by atoms with E-state index in [9.17, 15) is 5.11 Å². The second kappa shape index (κ2) is 3.66. The van der Waals surface area contributed by atoms with Gasteiger partial charge in [-0.3, -0.25) is 0 Å². The summed E-state index contributed by atoms with van der Waals surface area (Å²) in [5.74, 6) is 0.643. The van der Waals surface area contributed by atoms with E-state index in [2.05, 4.69) is 4.99 Å². The van der Waals surface area contributed by atoms with E-state index in [0.29, 0.717) is 12.5 Å². The molecule has 2 rings (SSSR count). The summed E-state index contributed by atoms with van der Waals surface area (Å²) in [5.41, 5.74) is 1.67. The van der Waals surface area contributed by atoms with Gasteiger partial charge in [0.05, 0.1) is 6.61 Å². The molecule has 3 nitrogen and oxygen atoms in total. The Balaban J connectivity index is 2.35. The minimum atomic E-state index is -0.475. The maximum absolute atomic E-state index is 9.17. The summed E-state index contributed by atoms with van der Waals surface area (Å²) in [6.07, 6.45) is 0. The van der Waals surface area contributed by atoms with E-state index in [1.54, 1.807) is 0 Å². The van der Waals surface area contributed by atoms with Gasteiger partial charge in [0, 0.05) is 5.56 Å². The van der Waals surface area contributed by atoms with Gasteiger partial charge in [0.15, 0.2) is 0 Å². The van der Waals surface area contributed by atoms with Gasteiger partial charge in [-0.1, -0.05) is 18.2 Å². The van der Waals surface area contributed by atoms with Gasteiger partial charge in [-0.25, -0.2) is 4.99 Å². The van der Waals surface area contributed by atoms with E-state index < -0.39 is 5.54 Å². The van der Waals surface area contributed by atoms with Crippen molar-refractivity contribution in [2.45, 2.75) is 19.4 Å². The number of aliphatic imine (C=N–C) groups is 1. The lowest BCUT2D eigenvalue weighted by atomic mass is 10.1. The van der Waals surface area contributed by atoms with Crippen molar-refractivity contribution in [1.82, 2.24) is 0 Å². The number of ether oxygens (including phenoxy) is 1. The molecule has 1 aromatic rings.